The molecule has 0 saturated heterocycles. The maximum atomic E-state index is 9.16. The standard InChI is InChI=1S/C18H20BrNO/c19-18-7-2-1-6-17(18)15-9-16(10-15)20-11-13-4-3-5-14(8-13)12-21/h1-8,15-16,20-21H,9-12H2. The summed E-state index contributed by atoms with van der Waals surface area (Å²) in [5.74, 6) is 0.668. The van der Waals surface area contributed by atoms with Crippen LogP contribution in [0, 0.1) is 0 Å². The number of nitrogens with one attached hydrogen (secondary N) is 1. The van der Waals surface area contributed by atoms with E-state index in [0.717, 1.165) is 12.1 Å². The normalized spacial score (nSPS) is 21.0. The minimum Gasteiger partial charge on any atom is -0.392 e. The third-order valence-electron chi connectivity index (χ3n) is 4.25. The van der Waals surface area contributed by atoms with Crippen LogP contribution in [-0.4, -0.2) is 11.1 Å². The second kappa shape index (κ2) is 6.73. The minimum atomic E-state index is 0.112. The van der Waals surface area contributed by atoms with Gasteiger partial charge < -0.3 is 10.4 Å². The summed E-state index contributed by atoms with van der Waals surface area (Å²) in [5, 5.41) is 12.8. The van der Waals surface area contributed by atoms with Gasteiger partial charge in [0.15, 0.2) is 0 Å². The minimum absolute atomic E-state index is 0.112. The van der Waals surface area contributed by atoms with Crippen molar-refractivity contribution < 1.29 is 5.11 Å². The Kier molecular flexibility index (Phi) is 4.73. The van der Waals surface area contributed by atoms with Crippen molar-refractivity contribution in [2.45, 2.75) is 38.0 Å². The number of rotatable bonds is 5. The molecule has 3 heteroatoms. The van der Waals surface area contributed by atoms with E-state index in [4.69, 9.17) is 5.11 Å². The van der Waals surface area contributed by atoms with Crippen LogP contribution in [0.15, 0.2) is 53.0 Å². The Bertz CT molecular complexity index is 608. The van der Waals surface area contributed by atoms with Crippen molar-refractivity contribution in [3.8, 4) is 0 Å². The van der Waals surface area contributed by atoms with Crippen molar-refractivity contribution in [1.82, 2.24) is 5.32 Å². The average Bonchev–Trinajstić information content (AvgIpc) is 2.47. The van der Waals surface area contributed by atoms with Gasteiger partial charge in [0.1, 0.15) is 0 Å². The smallest absolute Gasteiger partial charge is 0.0681 e. The Labute approximate surface area is 134 Å². The Morgan fingerprint density at radius 1 is 1.05 bits per heavy atom. The Morgan fingerprint density at radius 2 is 1.81 bits per heavy atom. The zero-order valence-electron chi connectivity index (χ0n) is 11.9. The zero-order valence-corrected chi connectivity index (χ0v) is 13.5. The van der Waals surface area contributed by atoms with Crippen LogP contribution in [0.4, 0.5) is 0 Å². The predicted molar refractivity (Wildman–Crippen MR) is 89.1 cm³/mol. The topological polar surface area (TPSA) is 32.3 Å². The number of aliphatic hydroxyl groups is 1. The molecule has 2 nitrogen and oxygen atoms in total. The highest BCUT2D eigenvalue weighted by Gasteiger charge is 2.30. The van der Waals surface area contributed by atoms with Gasteiger partial charge in [0.2, 0.25) is 0 Å². The quantitative estimate of drug-likeness (QED) is 0.858. The summed E-state index contributed by atoms with van der Waals surface area (Å²) in [5.41, 5.74) is 3.65. The van der Waals surface area contributed by atoms with Crippen LogP contribution in [0.3, 0.4) is 0 Å². The summed E-state index contributed by atoms with van der Waals surface area (Å²) in [6.45, 7) is 0.989. The van der Waals surface area contributed by atoms with Crippen molar-refractivity contribution in [1.29, 1.82) is 0 Å². The molecule has 2 aromatic carbocycles. The molecule has 1 aliphatic rings. The molecule has 0 amide bonds. The molecule has 0 aromatic heterocycles. The Hall–Kier alpha value is -1.16. The van der Waals surface area contributed by atoms with Gasteiger partial charge >= 0.3 is 0 Å². The molecule has 3 rings (SSSR count). The Morgan fingerprint density at radius 3 is 2.57 bits per heavy atom. The summed E-state index contributed by atoms with van der Waals surface area (Å²) in [4.78, 5) is 0. The van der Waals surface area contributed by atoms with E-state index < -0.39 is 0 Å². The van der Waals surface area contributed by atoms with Gasteiger partial charge in [-0.05, 0) is 41.5 Å². The fourth-order valence-electron chi connectivity index (χ4n) is 2.94. The molecule has 0 unspecified atom stereocenters. The van der Waals surface area contributed by atoms with E-state index in [9.17, 15) is 0 Å². The van der Waals surface area contributed by atoms with Gasteiger partial charge in [-0.15, -0.1) is 0 Å². The molecule has 0 spiro atoms. The van der Waals surface area contributed by atoms with Gasteiger partial charge in [0, 0.05) is 17.1 Å². The number of aliphatic hydroxyl groups excluding tert-OH is 1. The Balaban J connectivity index is 1.50. The highest BCUT2D eigenvalue weighted by Crippen LogP contribution is 2.40. The van der Waals surface area contributed by atoms with Crippen molar-refractivity contribution in [3.05, 3.63) is 69.7 Å². The molecule has 0 aliphatic heterocycles. The molecule has 0 atom stereocenters. The lowest BCUT2D eigenvalue weighted by Crippen LogP contribution is -2.39. The molecule has 1 fully saturated rings. The molecule has 2 N–H and O–H groups in total. The summed E-state index contributed by atoms with van der Waals surface area (Å²) < 4.78 is 1.23. The third kappa shape index (κ3) is 3.54. The summed E-state index contributed by atoms with van der Waals surface area (Å²) in [6.07, 6.45) is 2.39. The van der Waals surface area contributed by atoms with E-state index in [1.807, 2.05) is 12.1 Å². The molecule has 0 bridgehead atoms. The van der Waals surface area contributed by atoms with Gasteiger partial charge in [0.25, 0.3) is 0 Å². The lowest BCUT2D eigenvalue weighted by Gasteiger charge is -2.37. The van der Waals surface area contributed by atoms with E-state index >= 15 is 0 Å². The highest BCUT2D eigenvalue weighted by atomic mass is 79.9. The van der Waals surface area contributed by atoms with E-state index in [1.54, 1.807) is 0 Å². The van der Waals surface area contributed by atoms with Crippen molar-refractivity contribution in [2.75, 3.05) is 0 Å². The maximum Gasteiger partial charge on any atom is 0.0681 e. The lowest BCUT2D eigenvalue weighted by molar-refractivity contribution is 0.281. The highest BCUT2D eigenvalue weighted by molar-refractivity contribution is 9.10. The van der Waals surface area contributed by atoms with Crippen LogP contribution in [-0.2, 0) is 13.2 Å². The number of halogens is 1. The summed E-state index contributed by atoms with van der Waals surface area (Å²) in [7, 11) is 0. The largest absolute Gasteiger partial charge is 0.392 e. The number of benzene rings is 2. The average molecular weight is 346 g/mol. The molecule has 21 heavy (non-hydrogen) atoms. The second-order valence-corrected chi connectivity index (χ2v) is 6.60. The van der Waals surface area contributed by atoms with Crippen LogP contribution < -0.4 is 5.32 Å². The van der Waals surface area contributed by atoms with Crippen LogP contribution in [0.5, 0.6) is 0 Å². The fourth-order valence-corrected chi connectivity index (χ4v) is 3.55. The second-order valence-electron chi connectivity index (χ2n) is 5.75. The predicted octanol–water partition coefficient (Wildman–Crippen LogP) is 3.98. The first-order valence-electron chi connectivity index (χ1n) is 7.42. The number of hydrogen-bond acceptors (Lipinski definition) is 2. The fraction of sp³-hybridized carbons (Fsp3) is 0.333. The van der Waals surface area contributed by atoms with Crippen molar-refractivity contribution >= 4 is 15.9 Å². The van der Waals surface area contributed by atoms with E-state index in [0.29, 0.717) is 12.0 Å². The third-order valence-corrected chi connectivity index (χ3v) is 4.97. The van der Waals surface area contributed by atoms with Crippen molar-refractivity contribution in [3.63, 3.8) is 0 Å². The summed E-state index contributed by atoms with van der Waals surface area (Å²) >= 11 is 3.64. The van der Waals surface area contributed by atoms with Crippen LogP contribution in [0.2, 0.25) is 0 Å². The molecule has 1 saturated carbocycles. The van der Waals surface area contributed by atoms with Gasteiger partial charge in [-0.1, -0.05) is 58.4 Å². The van der Waals surface area contributed by atoms with Crippen LogP contribution in [0.25, 0.3) is 0 Å². The molecular weight excluding hydrogens is 326 g/mol. The first-order valence-corrected chi connectivity index (χ1v) is 8.22. The van der Waals surface area contributed by atoms with E-state index in [-0.39, 0.29) is 6.61 Å². The van der Waals surface area contributed by atoms with Gasteiger partial charge in [-0.2, -0.15) is 0 Å². The van der Waals surface area contributed by atoms with E-state index in [1.165, 1.54) is 28.4 Å². The van der Waals surface area contributed by atoms with Crippen LogP contribution in [0.1, 0.15) is 35.4 Å². The number of hydrogen-bond donors (Lipinski definition) is 2. The van der Waals surface area contributed by atoms with Crippen molar-refractivity contribution in [2.24, 2.45) is 0 Å². The summed E-state index contributed by atoms with van der Waals surface area (Å²) in [6, 6.07) is 17.2. The maximum absolute atomic E-state index is 9.16. The van der Waals surface area contributed by atoms with Gasteiger partial charge in [-0.25, -0.2) is 0 Å². The van der Waals surface area contributed by atoms with Gasteiger partial charge in [0.05, 0.1) is 6.61 Å². The first kappa shape index (κ1) is 14.8. The monoisotopic (exact) mass is 345 g/mol. The molecule has 2 aromatic rings. The lowest BCUT2D eigenvalue weighted by atomic mass is 9.76. The molecule has 110 valence electrons. The first-order chi connectivity index (χ1) is 10.3. The van der Waals surface area contributed by atoms with Gasteiger partial charge in [-0.3, -0.25) is 0 Å². The SMILES string of the molecule is OCc1cccc(CNC2CC(c3ccccc3Br)C2)c1. The van der Waals surface area contributed by atoms with Crippen LogP contribution >= 0.6 is 15.9 Å². The molecular formula is C18H20BrNO. The molecule has 1 aliphatic carbocycles. The molecule has 0 heterocycles. The van der Waals surface area contributed by atoms with E-state index in [2.05, 4.69) is 57.6 Å². The molecule has 0 radical (unpaired) electrons. The zero-order chi connectivity index (χ0) is 14.7.